The normalized spacial score (nSPS) is 20.5. The topological polar surface area (TPSA) is 498 Å². The molecule has 3 heterocycles. The van der Waals surface area contributed by atoms with Crippen molar-refractivity contribution in [3.05, 3.63) is 71.9 Å². The highest BCUT2D eigenvalue weighted by Crippen LogP contribution is 2.43. The molecule has 2 aliphatic heterocycles. The summed E-state index contributed by atoms with van der Waals surface area (Å²) in [6.45, 7) is 3.29. The number of nitrogens with two attached hydrogens (primary N) is 2. The number of ether oxygens (including phenoxy) is 3. The van der Waals surface area contributed by atoms with Gasteiger partial charge in [-0.2, -0.15) is 0 Å². The zero-order chi connectivity index (χ0) is 79.9. The van der Waals surface area contributed by atoms with Gasteiger partial charge in [0.15, 0.2) is 5.96 Å². The van der Waals surface area contributed by atoms with Gasteiger partial charge in [0.1, 0.15) is 48.3 Å². The molecule has 33 nitrogen and oxygen atoms in total. The van der Waals surface area contributed by atoms with Crippen LogP contribution < -0.4 is 59.3 Å². The van der Waals surface area contributed by atoms with E-state index < -0.39 is 134 Å². The Labute approximate surface area is 645 Å². The van der Waals surface area contributed by atoms with Crippen LogP contribution in [0.5, 0.6) is 0 Å². The number of nitrogens with zero attached hydrogens (tertiary/aromatic N) is 1. The first-order valence-corrected chi connectivity index (χ1v) is 40.8. The zero-order valence-electron chi connectivity index (χ0n) is 64.2. The van der Waals surface area contributed by atoms with Crippen LogP contribution >= 0.6 is 7.82 Å². The van der Waals surface area contributed by atoms with Crippen LogP contribution in [0.1, 0.15) is 192 Å². The number of guanidine groups is 1. The number of hydrogen-bond donors (Lipinski definition) is 16. The van der Waals surface area contributed by atoms with E-state index >= 15 is 4.79 Å². The van der Waals surface area contributed by atoms with Gasteiger partial charge in [-0.25, -0.2) is 4.57 Å². The van der Waals surface area contributed by atoms with Gasteiger partial charge in [-0.3, -0.25) is 62.4 Å². The lowest BCUT2D eigenvalue weighted by molar-refractivity contribution is -0.143. The summed E-state index contributed by atoms with van der Waals surface area (Å²) in [5.41, 5.74) is 13.4. The van der Waals surface area contributed by atoms with Gasteiger partial charge in [0.05, 0.1) is 65.6 Å². The number of hydrogen-bond acceptors (Lipinski definition) is 19. The number of phosphoric ester groups is 1. The van der Waals surface area contributed by atoms with E-state index in [2.05, 4.69) is 59.8 Å². The van der Waals surface area contributed by atoms with Crippen LogP contribution in [-0.2, 0) is 88.6 Å². The number of unbranched alkanes of at least 4 members (excludes halogenated alkanes) is 14. The van der Waals surface area contributed by atoms with Crippen LogP contribution in [0.4, 0.5) is 0 Å². The number of aliphatic hydroxyl groups is 2. The van der Waals surface area contributed by atoms with Crippen molar-refractivity contribution in [3.63, 3.8) is 0 Å². The number of aromatic nitrogens is 1. The minimum atomic E-state index is -4.21. The summed E-state index contributed by atoms with van der Waals surface area (Å²) in [7, 11) is -4.21. The van der Waals surface area contributed by atoms with E-state index in [0.717, 1.165) is 35.1 Å². The van der Waals surface area contributed by atoms with Crippen LogP contribution in [0.15, 0.2) is 60.8 Å². The van der Waals surface area contributed by atoms with Crippen molar-refractivity contribution in [2.45, 2.75) is 248 Å². The van der Waals surface area contributed by atoms with Crippen molar-refractivity contribution >= 4 is 83.8 Å². The first-order valence-electron chi connectivity index (χ1n) is 39.3. The number of para-hydroxylation sites is 1. The number of benzene rings is 2. The molecular formula is C76H123N14O19P. The van der Waals surface area contributed by atoms with Gasteiger partial charge in [-0.05, 0) is 68.6 Å². The summed E-state index contributed by atoms with van der Waals surface area (Å²) < 4.78 is 38.8. The predicted molar refractivity (Wildman–Crippen MR) is 412 cm³/mol. The Morgan fingerprint density at radius 1 is 0.645 bits per heavy atom. The smallest absolute Gasteiger partial charge is 0.394 e. The molecule has 0 bridgehead atoms. The van der Waals surface area contributed by atoms with E-state index in [1.54, 1.807) is 42.6 Å². The molecule has 2 fully saturated rings. The van der Waals surface area contributed by atoms with Crippen molar-refractivity contribution in [1.82, 2.24) is 57.7 Å². The van der Waals surface area contributed by atoms with Gasteiger partial charge in [0.2, 0.25) is 59.1 Å². The summed E-state index contributed by atoms with van der Waals surface area (Å²) in [4.78, 5) is 156. The summed E-state index contributed by atoms with van der Waals surface area (Å²) in [6.07, 6.45) is 17.0. The molecule has 110 heavy (non-hydrogen) atoms. The van der Waals surface area contributed by atoms with Crippen molar-refractivity contribution < 1.29 is 90.9 Å². The van der Waals surface area contributed by atoms with Crippen LogP contribution in [0.25, 0.3) is 10.9 Å². The van der Waals surface area contributed by atoms with Gasteiger partial charge in [-0.1, -0.05) is 159 Å². The minimum absolute atomic E-state index is 0.00198. The lowest BCUT2D eigenvalue weighted by atomic mass is 10.0. The molecular weight excluding hydrogens is 1440 g/mol. The second-order valence-corrected chi connectivity index (χ2v) is 29.5. The summed E-state index contributed by atoms with van der Waals surface area (Å²) >= 11 is 0. The van der Waals surface area contributed by atoms with Gasteiger partial charge >= 0.3 is 7.82 Å². The number of carbonyl (C=O) groups excluding carboxylic acids is 10. The molecule has 0 radical (unpaired) electrons. The maximum Gasteiger partial charge on any atom is 0.472 e. The van der Waals surface area contributed by atoms with E-state index in [1.807, 2.05) is 25.1 Å². The molecule has 5 rings (SSSR count). The molecule has 10 atom stereocenters. The second-order valence-electron chi connectivity index (χ2n) is 28.0. The van der Waals surface area contributed by atoms with Crippen LogP contribution in [0, 0.1) is 5.41 Å². The predicted octanol–water partition coefficient (Wildman–Crippen LogP) is 3.37. The number of amides is 10. The molecule has 1 unspecified atom stereocenters. The molecule has 18 N–H and O–H groups in total. The molecule has 0 saturated carbocycles. The van der Waals surface area contributed by atoms with Crippen LogP contribution in [-0.4, -0.2) is 224 Å². The third-order valence-corrected chi connectivity index (χ3v) is 20.1. The molecule has 3 aromatic rings. The van der Waals surface area contributed by atoms with Crippen molar-refractivity contribution in [1.29, 1.82) is 5.41 Å². The van der Waals surface area contributed by atoms with Gasteiger partial charge in [-0.15, -0.1) is 0 Å². The largest absolute Gasteiger partial charge is 0.472 e. The first kappa shape index (κ1) is 92.5. The maximum atomic E-state index is 15.1. The van der Waals surface area contributed by atoms with Gasteiger partial charge in [0, 0.05) is 68.8 Å². The number of carbonyl (C=O) groups is 10. The van der Waals surface area contributed by atoms with Gasteiger partial charge < -0.3 is 98.5 Å². The summed E-state index contributed by atoms with van der Waals surface area (Å²) in [6, 6.07) is 4.31. The number of primary amides is 1. The van der Waals surface area contributed by atoms with E-state index in [-0.39, 0.29) is 149 Å². The number of aromatic amines is 1. The fourth-order valence-electron chi connectivity index (χ4n) is 12.9. The Morgan fingerprint density at radius 2 is 1.23 bits per heavy atom. The highest BCUT2D eigenvalue weighted by molar-refractivity contribution is 7.47. The number of rotatable bonds is 47. The highest BCUT2D eigenvalue weighted by Gasteiger charge is 2.44. The monoisotopic (exact) mass is 1570 g/mol. The number of nitrogens with one attached hydrogen (secondary N) is 11. The van der Waals surface area contributed by atoms with Crippen LogP contribution in [0.3, 0.4) is 0 Å². The second kappa shape index (κ2) is 52.9. The minimum Gasteiger partial charge on any atom is -0.394 e. The SMILES string of the molecule is CCCCCCCCCCCCCCCCOP(=O)(O)OCCOCCOCCOCCC(=O)N[C@@H](CO)C(=O)N[C@@H](CCCC)C(=O)N[C@H]1CCC(=O)NCCCC[C@@H](C(N)=O)NC(=O)[C@H](Cc2c[nH]c3ccccc23)NC(=O)[C@H](CCCNC(=N)N)NC(=O)[C@@H](Cc2ccccc2)NC(=O)[C@@H]2C[C@@H](O)CN2C1=O. The lowest BCUT2D eigenvalue weighted by Gasteiger charge is -2.31. The zero-order valence-corrected chi connectivity index (χ0v) is 65.1. The molecule has 10 amide bonds. The third-order valence-electron chi connectivity index (χ3n) is 19.1. The highest BCUT2D eigenvalue weighted by atomic mass is 31.2. The Morgan fingerprint density at radius 3 is 1.88 bits per heavy atom. The Hall–Kier alpha value is -8.14. The van der Waals surface area contributed by atoms with E-state index in [9.17, 15) is 62.8 Å². The molecule has 2 aliphatic rings. The maximum absolute atomic E-state index is 15.1. The van der Waals surface area contributed by atoms with Crippen molar-refractivity contribution in [3.8, 4) is 0 Å². The average Bonchev–Trinajstić information content (AvgIpc) is 1.59. The molecule has 0 aliphatic carbocycles. The summed E-state index contributed by atoms with van der Waals surface area (Å²) in [5, 5.41) is 54.1. The number of aliphatic hydroxyl groups excluding tert-OH is 2. The first-order chi connectivity index (χ1) is 53.0. The van der Waals surface area contributed by atoms with Crippen LogP contribution in [0.2, 0.25) is 0 Å². The van der Waals surface area contributed by atoms with E-state index in [4.69, 9.17) is 40.1 Å². The lowest BCUT2D eigenvalue weighted by Crippen LogP contribution is -2.60. The quantitative estimate of drug-likeness (QED) is 0.0167. The van der Waals surface area contributed by atoms with E-state index in [1.165, 1.54) is 64.2 Å². The van der Waals surface area contributed by atoms with Crippen molar-refractivity contribution in [2.75, 3.05) is 79.1 Å². The Kier molecular flexibility index (Phi) is 44.5. The van der Waals surface area contributed by atoms with Crippen molar-refractivity contribution in [2.24, 2.45) is 11.5 Å². The Balaban J connectivity index is 1.18. The molecule has 616 valence electrons. The number of phosphoric acid groups is 1. The van der Waals surface area contributed by atoms with Gasteiger partial charge in [0.25, 0.3) is 0 Å². The van der Waals surface area contributed by atoms with E-state index in [0.29, 0.717) is 30.4 Å². The molecule has 34 heteroatoms. The average molecular weight is 1570 g/mol. The third kappa shape index (κ3) is 36.3. The summed E-state index contributed by atoms with van der Waals surface area (Å²) in [5.74, 6) is -8.65. The molecule has 0 spiro atoms. The molecule has 2 saturated heterocycles. The molecule has 1 aromatic heterocycles. The number of H-pyrrole nitrogens is 1. The molecule has 2 aromatic carbocycles. The fourth-order valence-corrected chi connectivity index (χ4v) is 13.6. The standard InChI is InChI=1S/C76H123N14O19P/c1-3-5-7-8-9-10-11-12-13-14-15-16-17-25-39-108-110(103,104)109-46-45-107-44-43-106-42-41-105-40-36-67(94)83-64(52-91)73(100)86-59(30-6-4-2)69(96)87-61-34-35-66(93)80-37-24-23-32-58(68(77)95)84-72(99)63(48-54-50-82-57-31-22-21-29-56(54)57)88-70(97)60(33-26-38-81-76(78)79)85-71(98)62(47-53-27-19-18-20-28-53)89-74(101)65-49-55(92)51-90(65)75(61)102/h18-22,27-29,31,50,55,58-65,82,91-92H,3-17,23-26,30,32-49,51-52H2,1-2H3,(H2,77,95)(H,80,93)(H,83,94)(H,84,99)(H,85,98)(H,86,100)(H,87,96)(H,88,97)(H,89,101)(H,103,104)(H4,78,79,81)/t55-,58+,59+,60+,61+,62-,63+,64+,65+/m1/s1. The number of fused-ring (bicyclic) bond motifs is 2. The fraction of sp³-hybridized carbons (Fsp3) is 0.671. The Bertz CT molecular complexity index is 3350.